The van der Waals surface area contributed by atoms with Gasteiger partial charge in [-0.2, -0.15) is 0 Å². The van der Waals surface area contributed by atoms with E-state index in [9.17, 15) is 0 Å². The Bertz CT molecular complexity index is 911. The number of halogens is 1. The van der Waals surface area contributed by atoms with Crippen molar-refractivity contribution in [2.24, 2.45) is 4.99 Å². The molecule has 3 nitrogen and oxygen atoms in total. The summed E-state index contributed by atoms with van der Waals surface area (Å²) in [5.74, 6) is 0. The Hall–Kier alpha value is -1.88. The van der Waals surface area contributed by atoms with Gasteiger partial charge in [0.15, 0.2) is 4.80 Å². The van der Waals surface area contributed by atoms with Crippen molar-refractivity contribution in [2.45, 2.75) is 25.5 Å². The Kier molecular flexibility index (Phi) is 5.02. The number of nitrogens with zero attached hydrogens (tertiary/aromatic N) is 2. The van der Waals surface area contributed by atoms with E-state index in [4.69, 9.17) is 21.3 Å². The number of benzene rings is 2. The van der Waals surface area contributed by atoms with E-state index in [2.05, 4.69) is 16.0 Å². The van der Waals surface area contributed by atoms with Crippen molar-refractivity contribution in [1.82, 2.24) is 4.57 Å². The third kappa shape index (κ3) is 3.71. The molecular weight excluding hydrogens is 352 g/mol. The van der Waals surface area contributed by atoms with Crippen molar-refractivity contribution < 1.29 is 4.74 Å². The Morgan fingerprint density at radius 2 is 1.92 bits per heavy atom. The van der Waals surface area contributed by atoms with Crippen LogP contribution in [0.1, 0.15) is 12.8 Å². The van der Waals surface area contributed by atoms with Gasteiger partial charge in [-0.05, 0) is 31.0 Å². The van der Waals surface area contributed by atoms with Crippen molar-refractivity contribution in [3.8, 4) is 11.3 Å². The first-order valence-corrected chi connectivity index (χ1v) is 9.71. The Balaban J connectivity index is 1.82. The highest BCUT2D eigenvalue weighted by Gasteiger charge is 2.19. The molecule has 1 aliphatic rings. The predicted molar refractivity (Wildman–Crippen MR) is 103 cm³/mol. The first-order valence-electron chi connectivity index (χ1n) is 8.46. The highest BCUT2D eigenvalue weighted by Crippen LogP contribution is 2.29. The van der Waals surface area contributed by atoms with Gasteiger partial charge >= 0.3 is 0 Å². The maximum Gasteiger partial charge on any atom is 0.190 e. The van der Waals surface area contributed by atoms with Gasteiger partial charge in [0.1, 0.15) is 0 Å². The second kappa shape index (κ2) is 7.56. The smallest absolute Gasteiger partial charge is 0.190 e. The van der Waals surface area contributed by atoms with Crippen LogP contribution in [0.25, 0.3) is 11.3 Å². The standard InChI is InChI=1S/C20H19ClN2OS/c21-18-11-5-4-10-17(18)19-14-25-20(22-15-7-2-1-3-8-15)23(19)13-16-9-6-12-24-16/h1-5,7-8,10-11,14,16H,6,9,12-13H2/t16-/m0/s1. The van der Waals surface area contributed by atoms with Gasteiger partial charge in [0.25, 0.3) is 0 Å². The fourth-order valence-corrected chi connectivity index (χ4v) is 4.25. The van der Waals surface area contributed by atoms with Crippen LogP contribution >= 0.6 is 22.9 Å². The lowest BCUT2D eigenvalue weighted by Gasteiger charge is -2.14. The average molecular weight is 371 g/mol. The van der Waals surface area contributed by atoms with E-state index in [1.165, 1.54) is 0 Å². The summed E-state index contributed by atoms with van der Waals surface area (Å²) in [5, 5.41) is 2.89. The molecule has 2 aromatic carbocycles. The van der Waals surface area contributed by atoms with Crippen molar-refractivity contribution >= 4 is 28.6 Å². The fourth-order valence-electron chi connectivity index (χ4n) is 3.08. The highest BCUT2D eigenvalue weighted by molar-refractivity contribution is 7.07. The molecule has 128 valence electrons. The summed E-state index contributed by atoms with van der Waals surface area (Å²) in [4.78, 5) is 5.81. The molecule has 1 saturated heterocycles. The summed E-state index contributed by atoms with van der Waals surface area (Å²) in [6.07, 6.45) is 2.46. The van der Waals surface area contributed by atoms with Crippen LogP contribution in [-0.2, 0) is 11.3 Å². The molecule has 0 radical (unpaired) electrons. The molecule has 2 heterocycles. The van der Waals surface area contributed by atoms with E-state index in [1.54, 1.807) is 11.3 Å². The van der Waals surface area contributed by atoms with E-state index < -0.39 is 0 Å². The highest BCUT2D eigenvalue weighted by atomic mass is 35.5. The first-order chi connectivity index (χ1) is 12.3. The van der Waals surface area contributed by atoms with Crippen LogP contribution in [0, 0.1) is 0 Å². The molecule has 4 rings (SSSR count). The molecule has 0 amide bonds. The van der Waals surface area contributed by atoms with Crippen LogP contribution in [0.5, 0.6) is 0 Å². The molecule has 0 saturated carbocycles. The summed E-state index contributed by atoms with van der Waals surface area (Å²) in [6, 6.07) is 18.0. The van der Waals surface area contributed by atoms with Crippen molar-refractivity contribution in [1.29, 1.82) is 0 Å². The van der Waals surface area contributed by atoms with Crippen molar-refractivity contribution in [3.05, 3.63) is 69.8 Å². The van der Waals surface area contributed by atoms with Crippen LogP contribution in [0.4, 0.5) is 5.69 Å². The van der Waals surface area contributed by atoms with E-state index in [0.29, 0.717) is 0 Å². The molecule has 0 bridgehead atoms. The van der Waals surface area contributed by atoms with Crippen molar-refractivity contribution in [3.63, 3.8) is 0 Å². The number of thiazole rings is 1. The number of hydrogen-bond acceptors (Lipinski definition) is 3. The zero-order valence-corrected chi connectivity index (χ0v) is 15.3. The lowest BCUT2D eigenvalue weighted by atomic mass is 10.1. The summed E-state index contributed by atoms with van der Waals surface area (Å²) in [5.41, 5.74) is 3.09. The van der Waals surface area contributed by atoms with Crippen LogP contribution in [0.3, 0.4) is 0 Å². The monoisotopic (exact) mass is 370 g/mol. The second-order valence-electron chi connectivity index (χ2n) is 6.08. The molecule has 1 atom stereocenters. The van der Waals surface area contributed by atoms with Crippen LogP contribution in [0.15, 0.2) is 65.0 Å². The first kappa shape index (κ1) is 16.6. The molecule has 1 fully saturated rings. The predicted octanol–water partition coefficient (Wildman–Crippen LogP) is 5.28. The molecule has 25 heavy (non-hydrogen) atoms. The summed E-state index contributed by atoms with van der Waals surface area (Å²) in [7, 11) is 0. The van der Waals surface area contributed by atoms with Gasteiger partial charge in [-0.25, -0.2) is 4.99 Å². The molecule has 1 aromatic heterocycles. The molecule has 1 aliphatic heterocycles. The third-order valence-corrected chi connectivity index (χ3v) is 5.53. The van der Waals surface area contributed by atoms with E-state index in [-0.39, 0.29) is 6.10 Å². The minimum absolute atomic E-state index is 0.241. The molecule has 0 spiro atoms. The summed E-state index contributed by atoms with van der Waals surface area (Å²) in [6.45, 7) is 1.65. The van der Waals surface area contributed by atoms with E-state index in [0.717, 1.165) is 52.8 Å². The van der Waals surface area contributed by atoms with Gasteiger partial charge in [0.2, 0.25) is 0 Å². The average Bonchev–Trinajstić information content (AvgIpc) is 3.28. The van der Waals surface area contributed by atoms with Crippen molar-refractivity contribution in [2.75, 3.05) is 6.61 Å². The topological polar surface area (TPSA) is 26.5 Å². The maximum absolute atomic E-state index is 6.45. The van der Waals surface area contributed by atoms with Crippen LogP contribution in [0.2, 0.25) is 5.02 Å². The Labute approximate surface area is 156 Å². The lowest BCUT2D eigenvalue weighted by Crippen LogP contribution is -2.24. The fraction of sp³-hybridized carbons (Fsp3) is 0.250. The molecule has 3 aromatic rings. The maximum atomic E-state index is 6.45. The van der Waals surface area contributed by atoms with Gasteiger partial charge < -0.3 is 9.30 Å². The number of hydrogen-bond donors (Lipinski definition) is 0. The normalized spacial score (nSPS) is 18.0. The summed E-state index contributed by atoms with van der Waals surface area (Å²) < 4.78 is 8.11. The zero-order valence-electron chi connectivity index (χ0n) is 13.8. The van der Waals surface area contributed by atoms with E-state index in [1.807, 2.05) is 48.5 Å². The summed E-state index contributed by atoms with van der Waals surface area (Å²) >= 11 is 8.09. The van der Waals surface area contributed by atoms with Gasteiger partial charge in [-0.1, -0.05) is 48.0 Å². The lowest BCUT2D eigenvalue weighted by molar-refractivity contribution is 0.0968. The molecule has 0 aliphatic carbocycles. The number of para-hydroxylation sites is 1. The molecule has 0 unspecified atom stereocenters. The minimum atomic E-state index is 0.241. The third-order valence-electron chi connectivity index (χ3n) is 4.34. The van der Waals surface area contributed by atoms with Gasteiger partial charge in [-0.3, -0.25) is 0 Å². The molecular formula is C20H19ClN2OS. The SMILES string of the molecule is Clc1ccccc1-c1csc(=Nc2ccccc2)n1C[C@@H]1CCCO1. The zero-order chi connectivity index (χ0) is 17.1. The molecule has 5 heteroatoms. The largest absolute Gasteiger partial charge is 0.376 e. The van der Waals surface area contributed by atoms with Crippen LogP contribution < -0.4 is 4.80 Å². The molecule has 0 N–H and O–H groups in total. The van der Waals surface area contributed by atoms with Gasteiger partial charge in [0.05, 0.1) is 24.0 Å². The Morgan fingerprint density at radius 1 is 1.12 bits per heavy atom. The second-order valence-corrected chi connectivity index (χ2v) is 7.32. The number of rotatable bonds is 4. The van der Waals surface area contributed by atoms with E-state index >= 15 is 0 Å². The van der Waals surface area contributed by atoms with Gasteiger partial charge in [-0.15, -0.1) is 11.3 Å². The Morgan fingerprint density at radius 3 is 2.68 bits per heavy atom. The number of aromatic nitrogens is 1. The van der Waals surface area contributed by atoms with Gasteiger partial charge in [0, 0.05) is 22.6 Å². The number of ether oxygens (including phenoxy) is 1. The quantitative estimate of drug-likeness (QED) is 0.613. The minimum Gasteiger partial charge on any atom is -0.376 e. The van der Waals surface area contributed by atoms with Crippen LogP contribution in [-0.4, -0.2) is 17.3 Å².